The first-order chi connectivity index (χ1) is 55.7. The van der Waals surface area contributed by atoms with Gasteiger partial charge in [-0.2, -0.15) is 0 Å². The first-order valence-corrected chi connectivity index (χ1v) is 54.9. The van der Waals surface area contributed by atoms with Gasteiger partial charge in [0.25, 0.3) is 0 Å². The Morgan fingerprint density at radius 1 is 0.207 bits per heavy atom. The molecule has 16 bridgehead atoms. The molecule has 0 spiro atoms. The van der Waals surface area contributed by atoms with Crippen LogP contribution in [0.4, 0.5) is 0 Å². The Bertz CT molecular complexity index is 4380. The van der Waals surface area contributed by atoms with Crippen molar-refractivity contribution >= 4 is 80.8 Å². The number of rotatable bonds is 14. The Hall–Kier alpha value is 0.118. The van der Waals surface area contributed by atoms with Crippen LogP contribution in [0.15, 0.2) is 0 Å². The summed E-state index contributed by atoms with van der Waals surface area (Å²) in [5, 5.41) is 35.4. The third kappa shape index (κ3) is 18.6. The van der Waals surface area contributed by atoms with Crippen molar-refractivity contribution in [2.75, 3.05) is 26.2 Å². The van der Waals surface area contributed by atoms with E-state index in [1.807, 2.05) is 0 Å². The van der Waals surface area contributed by atoms with Gasteiger partial charge in [0, 0.05) is 49.9 Å². The Labute approximate surface area is 742 Å². The maximum absolute atomic E-state index is 14.4. The summed E-state index contributed by atoms with van der Waals surface area (Å²) in [6.07, 6.45) is 14.6. The molecule has 0 aromatic heterocycles. The number of nitrogens with two attached hydrogens (primary N) is 2. The molecule has 10 aliphatic heterocycles. The summed E-state index contributed by atoms with van der Waals surface area (Å²) in [5.41, 5.74) is 11.2. The number of hydrogen-bond acceptors (Lipinski definition) is 40. The van der Waals surface area contributed by atoms with Crippen LogP contribution in [-0.2, 0) is 132 Å². The maximum atomic E-state index is 14.4. The zero-order valence-corrected chi connectivity index (χ0v) is 75.6. The van der Waals surface area contributed by atoms with Crippen LogP contribution < -0.4 is 106 Å². The minimum Gasteiger partial charge on any atom is -0.748 e. The zero-order valence-electron chi connectivity index (χ0n) is 66.2. The quantitative estimate of drug-likeness (QED) is 0.0567. The first-order valence-electron chi connectivity index (χ1n) is 43.0. The molecule has 121 heavy (non-hydrogen) atoms. The van der Waals surface area contributed by atoms with E-state index in [0.29, 0.717) is 23.7 Å². The van der Waals surface area contributed by atoms with E-state index >= 15 is 0 Å². The predicted molar refractivity (Wildman–Crippen MR) is 418 cm³/mol. The van der Waals surface area contributed by atoms with E-state index in [0.717, 1.165) is 154 Å². The fraction of sp³-hybridized carbons (Fsp3) is 1.00. The molecule has 3 radical (unpaired) electrons. The van der Waals surface area contributed by atoms with Gasteiger partial charge in [0.1, 0.15) is 40.5 Å². The molecule has 10 heterocycles. The second kappa shape index (κ2) is 37.2. The van der Waals surface area contributed by atoms with Gasteiger partial charge in [-0.3, -0.25) is 85.1 Å². The molecule has 53 heteroatoms. The van der Waals surface area contributed by atoms with Crippen molar-refractivity contribution in [3.63, 3.8) is 0 Å². The number of nitrogens with one attached hydrogen (secondary N) is 18. The van der Waals surface area contributed by atoms with E-state index in [1.54, 1.807) is 0 Å². The summed E-state index contributed by atoms with van der Waals surface area (Å²) in [5.74, 6) is -5.24. The van der Waals surface area contributed by atoms with Crippen molar-refractivity contribution in [2.45, 2.75) is 295 Å². The molecule has 22 N–H and O–H groups in total. The molecule has 8 aliphatic carbocycles. The SMILES string of the molecule is NCCNS(=O)(=O)C1C2C3NC4NC(NC5NC(NC6NC(NC(N3)C2C(S(=O)(=O)[O-])C(S(=O)(=O)[O-])C1S(=O)(=O)[O-])C1CCCCC61)C1CCCCC51)C1CCCCC41.NCCNS(=O)(=O)C1C2C3NC4NC(NC5NC(NC6NC(NC(N3)C2C(S(=O)(=O)[O-])C(S(=O)(=O)[O-])C1S(=O)(=O)[O-])C1CCCCC61)C1CCCCC51)C1CCCCC41.[Cu+2].[Cu+2].[Cu+2]. The van der Waals surface area contributed by atoms with Gasteiger partial charge in [-0.1, -0.05) is 77.0 Å². The van der Waals surface area contributed by atoms with Crippen molar-refractivity contribution in [3.05, 3.63) is 0 Å². The third-order valence-electron chi connectivity index (χ3n) is 31.6. The van der Waals surface area contributed by atoms with E-state index in [-0.39, 0.29) is 161 Å². The normalized spacial score (nSPS) is 47.9. The molecule has 10 saturated heterocycles. The fourth-order valence-electron chi connectivity index (χ4n) is 27.4. The molecule has 18 aliphatic rings. The van der Waals surface area contributed by atoms with Gasteiger partial charge in [-0.05, 0) is 148 Å². The third-order valence-corrected chi connectivity index (χ3v) is 44.1. The van der Waals surface area contributed by atoms with Gasteiger partial charge in [-0.25, -0.2) is 76.8 Å². The number of hydrogen-bond donors (Lipinski definition) is 20. The molecule has 40 unspecified atom stereocenters. The van der Waals surface area contributed by atoms with Crippen LogP contribution in [-0.4, -0.2) is 261 Å². The van der Waals surface area contributed by atoms with Crippen molar-refractivity contribution in [1.29, 1.82) is 0 Å². The number of sulfonamides is 2. The summed E-state index contributed by atoms with van der Waals surface area (Å²) in [6, 6.07) is 0. The topological polar surface area (TPSA) is 680 Å². The van der Waals surface area contributed by atoms with E-state index in [2.05, 4.69) is 94.5 Å². The summed E-state index contributed by atoms with van der Waals surface area (Å²) in [6.45, 7) is -1.44. The van der Waals surface area contributed by atoms with E-state index in [9.17, 15) is 94.7 Å². The first kappa shape index (κ1) is 97.2. The monoisotopic (exact) mass is 2010 g/mol. The van der Waals surface area contributed by atoms with Crippen LogP contribution in [0, 0.1) is 94.7 Å². The summed E-state index contributed by atoms with van der Waals surface area (Å²) in [7, 11) is -46.6. The van der Waals surface area contributed by atoms with Gasteiger partial charge in [0.15, 0.2) is 0 Å². The average Bonchev–Trinajstić information content (AvgIpc) is 1.65. The molecule has 0 aromatic carbocycles. The largest absolute Gasteiger partial charge is 2.00 e. The summed E-state index contributed by atoms with van der Waals surface area (Å²) in [4.78, 5) is 0. The zero-order chi connectivity index (χ0) is 83.6. The molecule has 0 amide bonds. The standard InChI is InChI=1S/2C34H62N10O11S4.3Cu/c2*35-13-14-36-56(45,46)23-21-22(24(57(47,48)49)26(59(53,54)55)25(23)58(50,51)52)34-43-32-20-12-6-4-10-18(20)30(41-32)39-28-16-8-2-1-7-15(16)27(37-28)38-29-17-9-3-5-11-19(17)31(40-29)42-33(21)44-34;;;/h2*15-34,36-44H,1-14,35H2,(H,47,48,49)(H,50,51,52)(H,53,54,55);;;/q;;3*+2/p-6. The fourth-order valence-corrected chi connectivity index (χ4v) is 42.9. The Morgan fingerprint density at radius 2 is 0.331 bits per heavy atom. The van der Waals surface area contributed by atoms with Crippen LogP contribution in [0.3, 0.4) is 0 Å². The molecular formula is C68H118Cu3N20O22S8. The molecule has 42 nitrogen and oxygen atoms in total. The van der Waals surface area contributed by atoms with Gasteiger partial charge < -0.3 is 38.8 Å². The van der Waals surface area contributed by atoms with Gasteiger partial charge in [0.2, 0.25) is 20.0 Å². The maximum Gasteiger partial charge on any atom is 2.00 e. The van der Waals surface area contributed by atoms with Crippen LogP contribution in [0.2, 0.25) is 0 Å². The molecule has 18 rings (SSSR count). The minimum atomic E-state index is -6.16. The Kier molecular flexibility index (Phi) is 29.8. The predicted octanol–water partition coefficient (Wildman–Crippen LogP) is -7.94. The Morgan fingerprint density at radius 3 is 0.471 bits per heavy atom. The van der Waals surface area contributed by atoms with Crippen molar-refractivity contribution in [1.82, 2.24) is 94.5 Å². The second-order valence-corrected chi connectivity index (χ2v) is 50.4. The van der Waals surface area contributed by atoms with E-state index < -0.39 is 209 Å². The van der Waals surface area contributed by atoms with Gasteiger partial charge in [-0.15, -0.1) is 0 Å². The molecule has 0 aromatic rings. The van der Waals surface area contributed by atoms with Gasteiger partial charge >= 0.3 is 51.2 Å². The molecular weight excluding hydrogens is 1900 g/mol. The summed E-state index contributed by atoms with van der Waals surface area (Å²) < 4.78 is 302. The Balaban J connectivity index is 0.000000193. The van der Waals surface area contributed by atoms with Crippen LogP contribution >= 0.6 is 0 Å². The number of fused-ring (bicyclic) bond motifs is 40. The molecule has 18 fully saturated rings. The van der Waals surface area contributed by atoms with E-state index in [1.165, 1.54) is 0 Å². The average molecular weight is 2010 g/mol. The molecule has 703 valence electrons. The minimum absolute atomic E-state index is 0. The van der Waals surface area contributed by atoms with Gasteiger partial charge in [0.05, 0.1) is 161 Å². The van der Waals surface area contributed by atoms with Crippen LogP contribution in [0.25, 0.3) is 0 Å². The summed E-state index contributed by atoms with van der Waals surface area (Å²) >= 11 is 0. The van der Waals surface area contributed by atoms with Crippen molar-refractivity contribution in [2.24, 2.45) is 106 Å². The van der Waals surface area contributed by atoms with E-state index in [4.69, 9.17) is 11.5 Å². The molecule has 40 atom stereocenters. The van der Waals surface area contributed by atoms with Crippen LogP contribution in [0.1, 0.15) is 154 Å². The van der Waals surface area contributed by atoms with Crippen molar-refractivity contribution in [3.8, 4) is 0 Å². The van der Waals surface area contributed by atoms with Crippen molar-refractivity contribution < 1.29 is 146 Å². The smallest absolute Gasteiger partial charge is 0.748 e. The molecule has 8 saturated carbocycles. The second-order valence-electron chi connectivity index (χ2n) is 37.4. The van der Waals surface area contributed by atoms with Crippen LogP contribution in [0.5, 0.6) is 0 Å².